The van der Waals surface area contributed by atoms with Crippen LogP contribution in [0.25, 0.3) is 0 Å². The van der Waals surface area contributed by atoms with Gasteiger partial charge in [0.15, 0.2) is 11.4 Å². The lowest BCUT2D eigenvalue weighted by atomic mass is 9.58. The highest BCUT2D eigenvalue weighted by Gasteiger charge is 2.62. The molecule has 164 valence electrons. The molecule has 0 spiro atoms. The summed E-state index contributed by atoms with van der Waals surface area (Å²) in [6, 6.07) is 3.06. The van der Waals surface area contributed by atoms with Gasteiger partial charge in [0.05, 0.1) is 11.6 Å². The van der Waals surface area contributed by atoms with Crippen molar-refractivity contribution in [3.05, 3.63) is 49.8 Å². The van der Waals surface area contributed by atoms with Gasteiger partial charge in [0.2, 0.25) is 5.78 Å². The van der Waals surface area contributed by atoms with E-state index in [1.807, 2.05) is 0 Å². The monoisotopic (exact) mass is 539 g/mol. The quantitative estimate of drug-likeness (QED) is 0.267. The van der Waals surface area contributed by atoms with Gasteiger partial charge in [0, 0.05) is 27.0 Å². The fourth-order valence-corrected chi connectivity index (χ4v) is 6.52. The molecule has 10 heteroatoms. The van der Waals surface area contributed by atoms with Crippen molar-refractivity contribution in [2.45, 2.75) is 24.1 Å². The molecule has 1 aromatic carbocycles. The summed E-state index contributed by atoms with van der Waals surface area (Å²) in [5.74, 6) is -4.90. The summed E-state index contributed by atoms with van der Waals surface area (Å²) < 4.78 is 0.0313. The number of phenols is 1. The van der Waals surface area contributed by atoms with Crippen molar-refractivity contribution in [1.29, 1.82) is 0 Å². The van der Waals surface area contributed by atoms with E-state index in [1.54, 1.807) is 53.7 Å². The molecule has 4 rings (SSSR count). The van der Waals surface area contributed by atoms with Crippen LogP contribution in [0.5, 0.6) is 5.75 Å². The minimum absolute atomic E-state index is 0.0313. The van der Waals surface area contributed by atoms with E-state index in [0.717, 1.165) is 0 Å². The summed E-state index contributed by atoms with van der Waals surface area (Å²) in [6.45, 7) is 0. The summed E-state index contributed by atoms with van der Waals surface area (Å²) in [5.41, 5.74) is 9.59. The second-order valence-electron chi connectivity index (χ2n) is 8.40. The highest BCUT2D eigenvalue weighted by molar-refractivity contribution is 14.1. The molecule has 1 aromatic rings. The number of rotatable bonds is 2. The van der Waals surface area contributed by atoms with Crippen molar-refractivity contribution < 1.29 is 29.7 Å². The zero-order chi connectivity index (χ0) is 23.0. The minimum Gasteiger partial charge on any atom is -0.510 e. The van der Waals surface area contributed by atoms with Crippen LogP contribution in [0.2, 0.25) is 0 Å². The number of carbonyl (C=O) groups is 3. The Morgan fingerprint density at radius 3 is 2.48 bits per heavy atom. The van der Waals surface area contributed by atoms with Crippen molar-refractivity contribution in [3.8, 4) is 5.75 Å². The third-order valence-electron chi connectivity index (χ3n) is 6.62. The number of nitrogens with two attached hydrogens (primary N) is 2. The summed E-state index contributed by atoms with van der Waals surface area (Å²) in [5, 5.41) is 32.7. The van der Waals surface area contributed by atoms with Gasteiger partial charge in [0.1, 0.15) is 17.1 Å². The third kappa shape index (κ3) is 2.75. The number of benzene rings is 1. The molecule has 0 saturated carbocycles. The molecule has 7 N–H and O–H groups in total. The molecule has 5 atom stereocenters. The Morgan fingerprint density at radius 2 is 1.90 bits per heavy atom. The van der Waals surface area contributed by atoms with Gasteiger partial charge in [-0.3, -0.25) is 19.3 Å². The van der Waals surface area contributed by atoms with Gasteiger partial charge in [-0.05, 0) is 54.7 Å². The molecule has 3 aliphatic rings. The summed E-state index contributed by atoms with van der Waals surface area (Å²) in [6.07, 6.45) is 0.102. The molecule has 0 aromatic heterocycles. The van der Waals surface area contributed by atoms with Crippen LogP contribution in [0.1, 0.15) is 28.4 Å². The first-order valence-corrected chi connectivity index (χ1v) is 10.7. The van der Waals surface area contributed by atoms with E-state index in [1.165, 1.54) is 6.07 Å². The highest BCUT2D eigenvalue weighted by Crippen LogP contribution is 2.56. The summed E-state index contributed by atoms with van der Waals surface area (Å²) in [4.78, 5) is 40.2. The molecule has 0 fully saturated rings. The molecule has 0 saturated heterocycles. The Kier molecular flexibility index (Phi) is 5.04. The average molecular weight is 539 g/mol. The fraction of sp³-hybridized carbons (Fsp3) is 0.381. The van der Waals surface area contributed by atoms with Crippen LogP contribution in [0.3, 0.4) is 0 Å². The Bertz CT molecular complexity index is 1110. The summed E-state index contributed by atoms with van der Waals surface area (Å²) in [7, 11) is 3.28. The van der Waals surface area contributed by atoms with Crippen molar-refractivity contribution in [2.75, 3.05) is 14.1 Å². The lowest BCUT2D eigenvalue weighted by molar-refractivity contribution is -0.142. The van der Waals surface area contributed by atoms with Crippen LogP contribution in [0.4, 0.5) is 0 Å². The molecule has 0 unspecified atom stereocenters. The lowest BCUT2D eigenvalue weighted by Crippen LogP contribution is -2.63. The molecule has 0 bridgehead atoms. The minimum atomic E-state index is -2.24. The normalized spacial score (nSPS) is 32.7. The van der Waals surface area contributed by atoms with Crippen molar-refractivity contribution in [2.24, 2.45) is 23.3 Å². The summed E-state index contributed by atoms with van der Waals surface area (Å²) >= 11 is 1.74. The van der Waals surface area contributed by atoms with Gasteiger partial charge < -0.3 is 26.8 Å². The number of Topliss-reactive ketones (excluding diaryl/α,β-unsaturated/α-hetero) is 2. The molecule has 3 aliphatic carbocycles. The number of halogens is 1. The second-order valence-corrected chi connectivity index (χ2v) is 9.48. The number of hydrogen-bond donors (Lipinski definition) is 5. The topological polar surface area (TPSA) is 167 Å². The number of primary amides is 1. The molecule has 0 heterocycles. The van der Waals surface area contributed by atoms with Crippen molar-refractivity contribution in [3.63, 3.8) is 0 Å². The van der Waals surface area contributed by atoms with E-state index in [0.29, 0.717) is 5.56 Å². The lowest BCUT2D eigenvalue weighted by Gasteiger charge is -2.51. The van der Waals surface area contributed by atoms with Crippen LogP contribution in [-0.4, -0.2) is 63.4 Å². The molecule has 9 nitrogen and oxygen atoms in total. The smallest absolute Gasteiger partial charge is 0.255 e. The largest absolute Gasteiger partial charge is 0.510 e. The molecule has 31 heavy (non-hydrogen) atoms. The Labute approximate surface area is 191 Å². The van der Waals surface area contributed by atoms with Crippen LogP contribution < -0.4 is 11.5 Å². The maximum absolute atomic E-state index is 13.4. The number of phenolic OH excluding ortho intramolecular Hbond substituents is 1. The Hall–Kier alpha value is -2.28. The number of amides is 1. The van der Waals surface area contributed by atoms with E-state index >= 15 is 0 Å². The fourth-order valence-electron chi connectivity index (χ4n) is 5.23. The number of aliphatic hydroxyl groups excluding tert-OH is 1. The number of ketones is 2. The zero-order valence-corrected chi connectivity index (χ0v) is 19.0. The SMILES string of the molecule is CN(C)[C@@H]1C(O)=C(C(N)=O)C(=O)[C@@]2(O)C(I)=C3C(=O)c4c(O)cccc4[C@H](N)[C@H]3C[C@@H]12. The predicted molar refractivity (Wildman–Crippen MR) is 118 cm³/mol. The molecule has 1 amide bonds. The predicted octanol–water partition coefficient (Wildman–Crippen LogP) is 0.455. The number of fused-ring (bicyclic) bond motifs is 3. The molecular weight excluding hydrogens is 517 g/mol. The van der Waals surface area contributed by atoms with Crippen LogP contribution >= 0.6 is 22.6 Å². The van der Waals surface area contributed by atoms with Crippen LogP contribution in [-0.2, 0) is 9.59 Å². The molecular formula is C21H22IN3O6. The average Bonchev–Trinajstić information content (AvgIpc) is 2.68. The highest BCUT2D eigenvalue weighted by atomic mass is 127. The number of aliphatic hydroxyl groups is 2. The number of likely N-dealkylation sites (N-methyl/N-ethyl adjacent to an activating group) is 1. The first-order chi connectivity index (χ1) is 14.4. The van der Waals surface area contributed by atoms with Crippen LogP contribution in [0, 0.1) is 11.8 Å². The first kappa shape index (κ1) is 21.9. The number of hydrogen-bond acceptors (Lipinski definition) is 8. The maximum atomic E-state index is 13.4. The second kappa shape index (κ2) is 7.12. The van der Waals surface area contributed by atoms with Crippen molar-refractivity contribution in [1.82, 2.24) is 4.90 Å². The van der Waals surface area contributed by atoms with Gasteiger partial charge in [-0.25, -0.2) is 0 Å². The number of nitrogens with zero attached hydrogens (tertiary/aromatic N) is 1. The van der Waals surface area contributed by atoms with E-state index in [-0.39, 0.29) is 26.9 Å². The number of carbonyl (C=O) groups excluding carboxylic acids is 3. The van der Waals surface area contributed by atoms with Crippen LogP contribution in [0.15, 0.2) is 38.7 Å². The maximum Gasteiger partial charge on any atom is 0.255 e. The van der Waals surface area contributed by atoms with Gasteiger partial charge in [-0.15, -0.1) is 0 Å². The van der Waals surface area contributed by atoms with Gasteiger partial charge >= 0.3 is 0 Å². The third-order valence-corrected chi connectivity index (χ3v) is 8.02. The standard InChI is InChI=1S/C21H22IN3O6/c1-25(2)15-9-6-8-12(16(27)11-7(14(8)23)4-3-5-10(11)26)18(22)21(9,31)19(29)13(17(15)28)20(24)30/h3-5,8-9,14-15,26,28,31H,6,23H2,1-2H3,(H2,24,30)/t8-,9-,14-,15-,21-/m0/s1. The molecule has 0 radical (unpaired) electrons. The van der Waals surface area contributed by atoms with Gasteiger partial charge in [-0.2, -0.15) is 0 Å². The van der Waals surface area contributed by atoms with E-state index in [4.69, 9.17) is 11.5 Å². The molecule has 0 aliphatic heterocycles. The van der Waals surface area contributed by atoms with E-state index in [9.17, 15) is 29.7 Å². The van der Waals surface area contributed by atoms with Gasteiger partial charge in [-0.1, -0.05) is 12.1 Å². The van der Waals surface area contributed by atoms with E-state index in [2.05, 4.69) is 0 Å². The Balaban J connectivity index is 2.01. The number of aromatic hydroxyl groups is 1. The first-order valence-electron chi connectivity index (χ1n) is 9.63. The van der Waals surface area contributed by atoms with Crippen molar-refractivity contribution >= 4 is 40.1 Å². The van der Waals surface area contributed by atoms with E-state index < -0.39 is 58.3 Å². The Morgan fingerprint density at radius 1 is 1.26 bits per heavy atom. The zero-order valence-electron chi connectivity index (χ0n) is 16.8. The van der Waals surface area contributed by atoms with Gasteiger partial charge in [0.25, 0.3) is 5.91 Å².